The van der Waals surface area contributed by atoms with Crippen molar-refractivity contribution in [1.29, 1.82) is 0 Å². The van der Waals surface area contributed by atoms with Crippen LogP contribution in [0.1, 0.15) is 38.5 Å². The summed E-state index contributed by atoms with van der Waals surface area (Å²) in [4.78, 5) is 8.17. The molecule has 138 valence electrons. The number of rotatable bonds is 6. The van der Waals surface area contributed by atoms with Crippen LogP contribution in [-0.4, -0.2) is 24.7 Å². The van der Waals surface area contributed by atoms with Gasteiger partial charge in [0.25, 0.3) is 0 Å². The molecule has 8 heteroatoms. The van der Waals surface area contributed by atoms with E-state index < -0.39 is 16.2 Å². The average Bonchev–Trinajstić information content (AvgIpc) is 2.99. The first kappa shape index (κ1) is 19.7. The first-order valence-electron chi connectivity index (χ1n) is 7.81. The highest BCUT2D eigenvalue weighted by Gasteiger charge is 2.17. The van der Waals surface area contributed by atoms with E-state index in [0.717, 1.165) is 5.57 Å². The van der Waals surface area contributed by atoms with E-state index in [9.17, 15) is 12.8 Å². The summed E-state index contributed by atoms with van der Waals surface area (Å²) in [5.74, 6) is 0.474. The van der Waals surface area contributed by atoms with E-state index in [2.05, 4.69) is 16.7 Å². The average molecular weight is 376 g/mol. The van der Waals surface area contributed by atoms with Gasteiger partial charge in [-0.25, -0.2) is 22.9 Å². The minimum Gasteiger partial charge on any atom is -0.299 e. The number of alkyl halides is 1. The molecule has 0 aliphatic carbocycles. The van der Waals surface area contributed by atoms with Crippen molar-refractivity contribution in [3.05, 3.63) is 59.8 Å². The Hall–Kier alpha value is -2.58. The van der Waals surface area contributed by atoms with Crippen molar-refractivity contribution in [2.75, 3.05) is 0 Å². The minimum atomic E-state index is -3.79. The number of imidazole rings is 1. The summed E-state index contributed by atoms with van der Waals surface area (Å²) in [6, 6.07) is 5.95. The Kier molecular flexibility index (Phi) is 5.89. The van der Waals surface area contributed by atoms with Crippen molar-refractivity contribution < 1.29 is 12.8 Å². The third-order valence-corrected chi connectivity index (χ3v) is 4.44. The van der Waals surface area contributed by atoms with E-state index in [1.54, 1.807) is 22.9 Å². The summed E-state index contributed by atoms with van der Waals surface area (Å²) in [7, 11) is -3.79. The maximum atomic E-state index is 13.8. The molecule has 2 aromatic rings. The lowest BCUT2D eigenvalue weighted by Gasteiger charge is -2.09. The molecule has 6 nitrogen and oxygen atoms in total. The topological polar surface area (TPSA) is 90.3 Å². The summed E-state index contributed by atoms with van der Waals surface area (Å²) >= 11 is 0. The van der Waals surface area contributed by atoms with Gasteiger partial charge in [0.15, 0.2) is 0 Å². The molecule has 0 amide bonds. The number of primary sulfonamides is 1. The van der Waals surface area contributed by atoms with Crippen LogP contribution < -0.4 is 5.14 Å². The van der Waals surface area contributed by atoms with Gasteiger partial charge in [0.2, 0.25) is 10.0 Å². The van der Waals surface area contributed by atoms with E-state index in [1.165, 1.54) is 25.3 Å². The molecule has 0 bridgehead atoms. The van der Waals surface area contributed by atoms with Crippen molar-refractivity contribution in [1.82, 2.24) is 9.55 Å². The van der Waals surface area contributed by atoms with Gasteiger partial charge in [0.1, 0.15) is 12.0 Å². The predicted molar refractivity (Wildman–Crippen MR) is 101 cm³/mol. The summed E-state index contributed by atoms with van der Waals surface area (Å²) in [5.41, 5.74) is 2.54. The van der Waals surface area contributed by atoms with Crippen molar-refractivity contribution in [2.45, 2.75) is 31.8 Å². The molecular formula is C18H21FN4O2S. The summed E-state index contributed by atoms with van der Waals surface area (Å²) < 4.78 is 38.4. The fraction of sp³-hybridized carbons (Fsp3) is 0.222. The normalized spacial score (nSPS) is 13.3. The zero-order chi connectivity index (χ0) is 19.5. The highest BCUT2D eigenvalue weighted by atomic mass is 32.2. The van der Waals surface area contributed by atoms with Crippen molar-refractivity contribution >= 4 is 22.3 Å². The van der Waals surface area contributed by atoms with Crippen LogP contribution in [0.3, 0.4) is 0 Å². The first-order valence-corrected chi connectivity index (χ1v) is 9.36. The Morgan fingerprint density at radius 1 is 1.35 bits per heavy atom. The van der Waals surface area contributed by atoms with Gasteiger partial charge in [0, 0.05) is 23.7 Å². The van der Waals surface area contributed by atoms with E-state index in [-0.39, 0.29) is 10.6 Å². The molecule has 0 aliphatic rings. The molecule has 0 radical (unpaired) electrons. The number of aromatic nitrogens is 2. The Balaban J connectivity index is 2.66. The van der Waals surface area contributed by atoms with Gasteiger partial charge in [-0.2, -0.15) is 0 Å². The van der Waals surface area contributed by atoms with Gasteiger partial charge in [-0.1, -0.05) is 11.6 Å². The highest BCUT2D eigenvalue weighted by molar-refractivity contribution is 7.89. The van der Waals surface area contributed by atoms with Crippen LogP contribution in [-0.2, 0) is 10.0 Å². The second-order valence-electron chi connectivity index (χ2n) is 6.00. The van der Waals surface area contributed by atoms with Crippen LogP contribution in [0.2, 0.25) is 0 Å². The van der Waals surface area contributed by atoms with Crippen LogP contribution in [0.15, 0.2) is 58.2 Å². The molecule has 0 spiro atoms. The number of nitrogens with zero attached hydrogens (tertiary/aromatic N) is 3. The van der Waals surface area contributed by atoms with Crippen LogP contribution >= 0.6 is 0 Å². The number of nitrogens with two attached hydrogens (primary N) is 1. The van der Waals surface area contributed by atoms with Gasteiger partial charge in [-0.15, -0.1) is 0 Å². The summed E-state index contributed by atoms with van der Waals surface area (Å²) in [6.07, 6.45) is 3.71. The second-order valence-corrected chi connectivity index (χ2v) is 7.56. The summed E-state index contributed by atoms with van der Waals surface area (Å²) in [5, 5.41) is 5.13. The molecule has 1 atom stereocenters. The summed E-state index contributed by atoms with van der Waals surface area (Å²) in [6.45, 7) is 8.71. The second kappa shape index (κ2) is 7.76. The molecule has 1 aromatic carbocycles. The fourth-order valence-corrected chi connectivity index (χ4v) is 2.87. The number of benzene rings is 1. The molecule has 1 heterocycles. The lowest BCUT2D eigenvalue weighted by Crippen LogP contribution is -2.12. The van der Waals surface area contributed by atoms with Crippen LogP contribution in [0.4, 0.5) is 4.39 Å². The number of hydrogen-bond acceptors (Lipinski definition) is 4. The molecule has 26 heavy (non-hydrogen) atoms. The van der Waals surface area contributed by atoms with E-state index in [1.807, 2.05) is 19.9 Å². The predicted octanol–water partition coefficient (Wildman–Crippen LogP) is 3.56. The van der Waals surface area contributed by atoms with Crippen LogP contribution in [0, 0.1) is 0 Å². The zero-order valence-corrected chi connectivity index (χ0v) is 15.7. The highest BCUT2D eigenvalue weighted by Crippen LogP contribution is 2.26. The molecule has 0 aliphatic heterocycles. The maximum absolute atomic E-state index is 13.8. The molecule has 0 fully saturated rings. The molecule has 1 unspecified atom stereocenters. The minimum absolute atomic E-state index is 0.00480. The standard InChI is InChI=1S/C18H21FN4O2S/c1-12(2)9-14(10-21-4)18-22-17(13(3)19)11-23(18)15-5-7-16(8-6-15)26(20,24)25/h5-11,13H,4H2,1-3H3,(H2,20,24,25)/b14-10+. The van der Waals surface area contributed by atoms with Gasteiger partial charge < -0.3 is 0 Å². The van der Waals surface area contributed by atoms with Gasteiger partial charge in [-0.3, -0.25) is 9.56 Å². The molecule has 2 N–H and O–H groups in total. The number of aliphatic imine (C=N–C) groups is 1. The van der Waals surface area contributed by atoms with Gasteiger partial charge in [-0.05, 0) is 51.8 Å². The monoisotopic (exact) mass is 376 g/mol. The Labute approximate surface area is 152 Å². The number of sulfonamides is 1. The number of halogens is 1. The smallest absolute Gasteiger partial charge is 0.238 e. The third kappa shape index (κ3) is 4.53. The van der Waals surface area contributed by atoms with Crippen molar-refractivity contribution in [3.8, 4) is 5.69 Å². The molecule has 0 saturated carbocycles. The Bertz CT molecular complexity index is 967. The van der Waals surface area contributed by atoms with E-state index in [0.29, 0.717) is 17.1 Å². The lowest BCUT2D eigenvalue weighted by atomic mass is 10.2. The lowest BCUT2D eigenvalue weighted by molar-refractivity contribution is 0.366. The SMILES string of the molecule is C=N/C=C(\C=C(C)C)c1nc(C(C)F)cn1-c1ccc(S(N)(=O)=O)cc1. The zero-order valence-electron chi connectivity index (χ0n) is 14.8. The molecule has 2 rings (SSSR count). The maximum Gasteiger partial charge on any atom is 0.238 e. The molecule has 1 aromatic heterocycles. The van der Waals surface area contributed by atoms with Crippen molar-refractivity contribution in [2.24, 2.45) is 10.1 Å². The van der Waals surface area contributed by atoms with Crippen LogP contribution in [0.5, 0.6) is 0 Å². The Morgan fingerprint density at radius 2 is 1.96 bits per heavy atom. The quantitative estimate of drug-likeness (QED) is 0.617. The number of allylic oxidation sites excluding steroid dienone is 3. The van der Waals surface area contributed by atoms with Gasteiger partial charge >= 0.3 is 0 Å². The third-order valence-electron chi connectivity index (χ3n) is 3.51. The van der Waals surface area contributed by atoms with Crippen molar-refractivity contribution in [3.63, 3.8) is 0 Å². The molecule has 0 saturated heterocycles. The first-order chi connectivity index (χ1) is 12.1. The van der Waals surface area contributed by atoms with E-state index >= 15 is 0 Å². The number of hydrogen-bond donors (Lipinski definition) is 1. The largest absolute Gasteiger partial charge is 0.299 e. The fourth-order valence-electron chi connectivity index (χ4n) is 2.36. The van der Waals surface area contributed by atoms with E-state index in [4.69, 9.17) is 5.14 Å². The molecular weight excluding hydrogens is 355 g/mol. The van der Waals surface area contributed by atoms with Gasteiger partial charge in [0.05, 0.1) is 10.6 Å². The van der Waals surface area contributed by atoms with Crippen LogP contribution in [0.25, 0.3) is 11.3 Å². The Morgan fingerprint density at radius 3 is 2.42 bits per heavy atom.